The summed E-state index contributed by atoms with van der Waals surface area (Å²) in [4.78, 5) is 1.40. The molecule has 0 bridgehead atoms. The average Bonchev–Trinajstić information content (AvgIpc) is 2.75. The molecule has 2 unspecified atom stereocenters. The maximum atomic E-state index is 6.19. The standard InChI is InChI=1S/C10H14BrNS2/c11-7-4-8(14-6-7)5-9(12)10-2-1-3-13-10/h4,6,9-10H,1-3,5,12H2. The van der Waals surface area contributed by atoms with Crippen LogP contribution in [0.15, 0.2) is 15.9 Å². The fourth-order valence-corrected chi connectivity index (χ4v) is 4.60. The van der Waals surface area contributed by atoms with E-state index in [9.17, 15) is 0 Å². The van der Waals surface area contributed by atoms with Gasteiger partial charge in [-0.2, -0.15) is 11.8 Å². The van der Waals surface area contributed by atoms with Gasteiger partial charge in [0.15, 0.2) is 0 Å². The first-order valence-corrected chi connectivity index (χ1v) is 7.58. The van der Waals surface area contributed by atoms with Gasteiger partial charge >= 0.3 is 0 Å². The summed E-state index contributed by atoms with van der Waals surface area (Å²) in [5, 5.41) is 2.82. The van der Waals surface area contributed by atoms with E-state index in [2.05, 4.69) is 27.4 Å². The van der Waals surface area contributed by atoms with E-state index in [0.29, 0.717) is 11.3 Å². The van der Waals surface area contributed by atoms with E-state index in [4.69, 9.17) is 5.73 Å². The molecule has 0 spiro atoms. The van der Waals surface area contributed by atoms with Gasteiger partial charge in [0, 0.05) is 26.0 Å². The second kappa shape index (κ2) is 5.01. The Kier molecular flexibility index (Phi) is 3.93. The van der Waals surface area contributed by atoms with Crippen LogP contribution < -0.4 is 5.73 Å². The van der Waals surface area contributed by atoms with Crippen LogP contribution in [-0.4, -0.2) is 17.0 Å². The van der Waals surface area contributed by atoms with Crippen LogP contribution in [0.5, 0.6) is 0 Å². The van der Waals surface area contributed by atoms with Crippen LogP contribution in [0.3, 0.4) is 0 Å². The lowest BCUT2D eigenvalue weighted by atomic mass is 10.1. The highest BCUT2D eigenvalue weighted by atomic mass is 79.9. The minimum atomic E-state index is 0.341. The molecule has 78 valence electrons. The zero-order valence-corrected chi connectivity index (χ0v) is 11.1. The maximum absolute atomic E-state index is 6.19. The minimum absolute atomic E-state index is 0.341. The van der Waals surface area contributed by atoms with Crippen molar-refractivity contribution in [2.24, 2.45) is 5.73 Å². The van der Waals surface area contributed by atoms with Gasteiger partial charge in [-0.1, -0.05) is 0 Å². The van der Waals surface area contributed by atoms with Crippen molar-refractivity contribution in [2.75, 3.05) is 5.75 Å². The van der Waals surface area contributed by atoms with Crippen molar-refractivity contribution in [3.63, 3.8) is 0 Å². The molecular formula is C10H14BrNS2. The number of hydrogen-bond acceptors (Lipinski definition) is 3. The van der Waals surface area contributed by atoms with Gasteiger partial charge in [0.25, 0.3) is 0 Å². The van der Waals surface area contributed by atoms with Gasteiger partial charge in [-0.25, -0.2) is 0 Å². The molecular weight excluding hydrogens is 278 g/mol. The lowest BCUT2D eigenvalue weighted by Crippen LogP contribution is -2.32. The van der Waals surface area contributed by atoms with Gasteiger partial charge in [0.05, 0.1) is 0 Å². The molecule has 2 heterocycles. The Labute approximate surface area is 102 Å². The molecule has 1 nitrogen and oxygen atoms in total. The smallest absolute Gasteiger partial charge is 0.0285 e. The van der Waals surface area contributed by atoms with Crippen LogP contribution in [0.1, 0.15) is 17.7 Å². The van der Waals surface area contributed by atoms with Gasteiger partial charge in [0.2, 0.25) is 0 Å². The number of thioether (sulfide) groups is 1. The predicted molar refractivity (Wildman–Crippen MR) is 69.2 cm³/mol. The van der Waals surface area contributed by atoms with E-state index in [0.717, 1.165) is 6.42 Å². The van der Waals surface area contributed by atoms with Crippen LogP contribution >= 0.6 is 39.0 Å². The average molecular weight is 292 g/mol. The van der Waals surface area contributed by atoms with E-state index in [-0.39, 0.29) is 0 Å². The third-order valence-electron chi connectivity index (χ3n) is 2.50. The van der Waals surface area contributed by atoms with Crippen molar-refractivity contribution in [2.45, 2.75) is 30.6 Å². The molecule has 2 N–H and O–H groups in total. The van der Waals surface area contributed by atoms with Gasteiger partial charge < -0.3 is 5.73 Å². The van der Waals surface area contributed by atoms with Crippen LogP contribution in [-0.2, 0) is 6.42 Å². The van der Waals surface area contributed by atoms with Crippen molar-refractivity contribution in [3.8, 4) is 0 Å². The highest BCUT2D eigenvalue weighted by molar-refractivity contribution is 9.10. The lowest BCUT2D eigenvalue weighted by molar-refractivity contribution is 0.613. The van der Waals surface area contributed by atoms with Crippen LogP contribution in [0.25, 0.3) is 0 Å². The van der Waals surface area contributed by atoms with Gasteiger partial charge in [-0.3, -0.25) is 0 Å². The summed E-state index contributed by atoms with van der Waals surface area (Å²) >= 11 is 7.31. The Hall–Kier alpha value is 0.490. The monoisotopic (exact) mass is 291 g/mol. The fourth-order valence-electron chi connectivity index (χ4n) is 1.76. The molecule has 0 amide bonds. The summed E-state index contributed by atoms with van der Waals surface area (Å²) in [5.74, 6) is 1.30. The number of thiophene rings is 1. The van der Waals surface area contributed by atoms with Crippen molar-refractivity contribution >= 4 is 39.0 Å². The second-order valence-electron chi connectivity index (χ2n) is 3.65. The SMILES string of the molecule is NC(Cc1cc(Br)cs1)C1CCCS1. The molecule has 0 aliphatic carbocycles. The summed E-state index contributed by atoms with van der Waals surface area (Å²) in [6.07, 6.45) is 3.68. The number of hydrogen-bond donors (Lipinski definition) is 1. The maximum Gasteiger partial charge on any atom is 0.0285 e. The molecule has 2 atom stereocenters. The molecule has 1 aromatic heterocycles. The molecule has 0 radical (unpaired) electrons. The van der Waals surface area contributed by atoms with E-state index in [1.165, 1.54) is 27.9 Å². The molecule has 14 heavy (non-hydrogen) atoms. The quantitative estimate of drug-likeness (QED) is 0.925. The van der Waals surface area contributed by atoms with Gasteiger partial charge in [-0.15, -0.1) is 11.3 Å². The van der Waals surface area contributed by atoms with E-state index < -0.39 is 0 Å². The summed E-state index contributed by atoms with van der Waals surface area (Å²) in [7, 11) is 0. The Morgan fingerprint density at radius 3 is 3.07 bits per heavy atom. The minimum Gasteiger partial charge on any atom is -0.326 e. The van der Waals surface area contributed by atoms with Crippen molar-refractivity contribution < 1.29 is 0 Å². The number of nitrogens with two attached hydrogens (primary N) is 1. The van der Waals surface area contributed by atoms with Crippen LogP contribution in [0.4, 0.5) is 0 Å². The largest absolute Gasteiger partial charge is 0.326 e. The third kappa shape index (κ3) is 2.75. The predicted octanol–water partition coefficient (Wildman–Crippen LogP) is 3.28. The zero-order chi connectivity index (χ0) is 9.97. The number of halogens is 1. The summed E-state index contributed by atoms with van der Waals surface area (Å²) in [6.45, 7) is 0. The van der Waals surface area contributed by atoms with Crippen molar-refractivity contribution in [1.82, 2.24) is 0 Å². The lowest BCUT2D eigenvalue weighted by Gasteiger charge is -2.16. The first-order chi connectivity index (χ1) is 6.75. The highest BCUT2D eigenvalue weighted by Crippen LogP contribution is 2.30. The second-order valence-corrected chi connectivity index (χ2v) is 6.91. The molecule has 2 rings (SSSR count). The van der Waals surface area contributed by atoms with Crippen molar-refractivity contribution in [1.29, 1.82) is 0 Å². The summed E-state index contributed by atoms with van der Waals surface area (Å²) < 4.78 is 1.18. The summed E-state index contributed by atoms with van der Waals surface area (Å²) in [6, 6.07) is 2.53. The Morgan fingerprint density at radius 2 is 2.50 bits per heavy atom. The first kappa shape index (κ1) is 11.0. The third-order valence-corrected chi connectivity index (χ3v) is 5.76. The van der Waals surface area contributed by atoms with Gasteiger partial charge in [-0.05, 0) is 47.0 Å². The molecule has 1 aliphatic heterocycles. The van der Waals surface area contributed by atoms with E-state index >= 15 is 0 Å². The Bertz CT molecular complexity index is 294. The molecule has 0 aromatic carbocycles. The highest BCUT2D eigenvalue weighted by Gasteiger charge is 2.22. The molecule has 4 heteroatoms. The van der Waals surface area contributed by atoms with E-state index in [1.807, 2.05) is 11.8 Å². The molecule has 1 saturated heterocycles. The molecule has 1 fully saturated rings. The molecule has 0 saturated carbocycles. The topological polar surface area (TPSA) is 26.0 Å². The number of rotatable bonds is 3. The fraction of sp³-hybridized carbons (Fsp3) is 0.600. The zero-order valence-electron chi connectivity index (χ0n) is 7.91. The van der Waals surface area contributed by atoms with Crippen LogP contribution in [0, 0.1) is 0 Å². The van der Waals surface area contributed by atoms with Crippen molar-refractivity contribution in [3.05, 3.63) is 20.8 Å². The molecule has 1 aromatic rings. The molecule has 1 aliphatic rings. The van der Waals surface area contributed by atoms with E-state index in [1.54, 1.807) is 11.3 Å². The Balaban J connectivity index is 1.90. The Morgan fingerprint density at radius 1 is 1.64 bits per heavy atom. The normalized spacial score (nSPS) is 24.0. The summed E-state index contributed by atoms with van der Waals surface area (Å²) in [5.41, 5.74) is 6.19. The first-order valence-electron chi connectivity index (χ1n) is 4.86. The van der Waals surface area contributed by atoms with Gasteiger partial charge in [0.1, 0.15) is 0 Å². The van der Waals surface area contributed by atoms with Crippen LogP contribution in [0.2, 0.25) is 0 Å².